The minimum absolute atomic E-state index is 0.422. The molecule has 0 saturated carbocycles. The van der Waals surface area contributed by atoms with E-state index < -0.39 is 12.3 Å². The molecule has 0 heterocycles. The van der Waals surface area contributed by atoms with Gasteiger partial charge >= 0.3 is 5.97 Å². The van der Waals surface area contributed by atoms with Crippen molar-refractivity contribution >= 4 is 5.97 Å². The number of hydrogen-bond donors (Lipinski definition) is 1. The number of carbonyl (C=O) groups excluding carboxylic acids is 1. The molecule has 1 N–H and O–H groups in total. The van der Waals surface area contributed by atoms with E-state index in [9.17, 15) is 4.79 Å². The summed E-state index contributed by atoms with van der Waals surface area (Å²) in [5.41, 5.74) is 0.546. The Hall–Kier alpha value is -0.830. The fraction of sp³-hybridized carbons (Fsp3) is 0.667. The Labute approximate surface area is 73.0 Å². The summed E-state index contributed by atoms with van der Waals surface area (Å²) in [7, 11) is 0. The Morgan fingerprint density at radius 2 is 2.17 bits per heavy atom. The van der Waals surface area contributed by atoms with Crippen molar-refractivity contribution in [3.05, 3.63) is 11.6 Å². The van der Waals surface area contributed by atoms with Crippen molar-refractivity contribution in [2.24, 2.45) is 0 Å². The highest BCUT2D eigenvalue weighted by Gasteiger charge is 2.09. The summed E-state index contributed by atoms with van der Waals surface area (Å²) in [5.74, 6) is -0.439. The van der Waals surface area contributed by atoms with Crippen LogP contribution in [0.1, 0.15) is 33.6 Å². The second kappa shape index (κ2) is 5.77. The molecular weight excluding hydrogens is 156 g/mol. The van der Waals surface area contributed by atoms with Crippen molar-refractivity contribution in [2.75, 3.05) is 0 Å². The summed E-state index contributed by atoms with van der Waals surface area (Å²) in [6.07, 6.45) is 2.01. The Morgan fingerprint density at radius 3 is 2.58 bits per heavy atom. The average molecular weight is 172 g/mol. The SMILES string of the molecule is CC/C=C(\C)C(=O)OC(O)CC. The van der Waals surface area contributed by atoms with Crippen molar-refractivity contribution in [3.8, 4) is 0 Å². The van der Waals surface area contributed by atoms with E-state index in [0.29, 0.717) is 12.0 Å². The monoisotopic (exact) mass is 172 g/mol. The quantitative estimate of drug-likeness (QED) is 0.398. The molecule has 1 unspecified atom stereocenters. The molecule has 0 aliphatic carbocycles. The third-order valence-electron chi connectivity index (χ3n) is 1.42. The fourth-order valence-corrected chi connectivity index (χ4v) is 0.689. The fourth-order valence-electron chi connectivity index (χ4n) is 0.689. The lowest BCUT2D eigenvalue weighted by Crippen LogP contribution is -2.17. The highest BCUT2D eigenvalue weighted by atomic mass is 16.6. The van der Waals surface area contributed by atoms with E-state index in [1.165, 1.54) is 0 Å². The molecule has 0 fully saturated rings. The van der Waals surface area contributed by atoms with Gasteiger partial charge in [-0.25, -0.2) is 4.79 Å². The molecular formula is C9H16O3. The van der Waals surface area contributed by atoms with Gasteiger partial charge in [-0.15, -0.1) is 0 Å². The lowest BCUT2D eigenvalue weighted by molar-refractivity contribution is -0.163. The van der Waals surface area contributed by atoms with Gasteiger partial charge < -0.3 is 9.84 Å². The lowest BCUT2D eigenvalue weighted by Gasteiger charge is -2.09. The molecule has 0 aromatic heterocycles. The summed E-state index contributed by atoms with van der Waals surface area (Å²) in [5, 5.41) is 8.98. The highest BCUT2D eigenvalue weighted by Crippen LogP contribution is 2.02. The van der Waals surface area contributed by atoms with Crippen LogP contribution in [0.15, 0.2) is 11.6 Å². The molecule has 3 heteroatoms. The van der Waals surface area contributed by atoms with Gasteiger partial charge in [-0.2, -0.15) is 0 Å². The number of ether oxygens (including phenoxy) is 1. The molecule has 0 aliphatic rings. The molecule has 0 saturated heterocycles. The third kappa shape index (κ3) is 4.13. The van der Waals surface area contributed by atoms with Gasteiger partial charge in [0.05, 0.1) is 0 Å². The third-order valence-corrected chi connectivity index (χ3v) is 1.42. The molecule has 0 rings (SSSR count). The molecule has 0 aromatic carbocycles. The summed E-state index contributed by atoms with van der Waals surface area (Å²) in [4.78, 5) is 11.1. The first-order chi connectivity index (χ1) is 5.61. The van der Waals surface area contributed by atoms with Gasteiger partial charge in [-0.1, -0.05) is 19.9 Å². The topological polar surface area (TPSA) is 46.5 Å². The zero-order chi connectivity index (χ0) is 9.56. The first kappa shape index (κ1) is 11.2. The summed E-state index contributed by atoms with van der Waals surface area (Å²) in [6, 6.07) is 0. The normalized spacial score (nSPS) is 14.2. The molecule has 12 heavy (non-hydrogen) atoms. The highest BCUT2D eigenvalue weighted by molar-refractivity contribution is 5.87. The van der Waals surface area contributed by atoms with Gasteiger partial charge in [0, 0.05) is 12.0 Å². The van der Waals surface area contributed by atoms with Crippen LogP contribution in [0.2, 0.25) is 0 Å². The standard InChI is InChI=1S/C9H16O3/c1-4-6-7(3)9(11)12-8(10)5-2/h6,8,10H,4-5H2,1-3H3/b7-6+. The van der Waals surface area contributed by atoms with Crippen molar-refractivity contribution in [1.29, 1.82) is 0 Å². The molecule has 3 nitrogen and oxygen atoms in total. The van der Waals surface area contributed by atoms with E-state index in [0.717, 1.165) is 6.42 Å². The van der Waals surface area contributed by atoms with E-state index in [2.05, 4.69) is 4.74 Å². The van der Waals surface area contributed by atoms with Crippen molar-refractivity contribution in [3.63, 3.8) is 0 Å². The number of esters is 1. The van der Waals surface area contributed by atoms with Gasteiger partial charge in [0.25, 0.3) is 0 Å². The van der Waals surface area contributed by atoms with Crippen LogP contribution in [0.4, 0.5) is 0 Å². The number of carbonyl (C=O) groups is 1. The maximum Gasteiger partial charge on any atom is 0.335 e. The van der Waals surface area contributed by atoms with E-state index in [-0.39, 0.29) is 0 Å². The van der Waals surface area contributed by atoms with Crippen LogP contribution in [0.25, 0.3) is 0 Å². The molecule has 0 aliphatic heterocycles. The number of hydrogen-bond acceptors (Lipinski definition) is 3. The average Bonchev–Trinajstić information content (AvgIpc) is 2.04. The van der Waals surface area contributed by atoms with E-state index in [1.54, 1.807) is 19.9 Å². The lowest BCUT2D eigenvalue weighted by atomic mass is 10.2. The van der Waals surface area contributed by atoms with Crippen LogP contribution >= 0.6 is 0 Å². The number of aliphatic hydroxyl groups is 1. The minimum atomic E-state index is -0.974. The van der Waals surface area contributed by atoms with Crippen LogP contribution < -0.4 is 0 Å². The van der Waals surface area contributed by atoms with E-state index >= 15 is 0 Å². The second-order valence-corrected chi connectivity index (χ2v) is 2.56. The zero-order valence-electron chi connectivity index (χ0n) is 7.83. The summed E-state index contributed by atoms with van der Waals surface area (Å²) < 4.78 is 4.66. The maximum atomic E-state index is 11.1. The molecule has 0 radical (unpaired) electrons. The maximum absolute atomic E-state index is 11.1. The molecule has 1 atom stereocenters. The second-order valence-electron chi connectivity index (χ2n) is 2.56. The molecule has 0 aromatic rings. The number of aliphatic hydroxyl groups excluding tert-OH is 1. The van der Waals surface area contributed by atoms with E-state index in [1.807, 2.05) is 6.92 Å². The Balaban J connectivity index is 3.95. The number of rotatable bonds is 4. The van der Waals surface area contributed by atoms with Crippen LogP contribution in [-0.4, -0.2) is 17.4 Å². The number of allylic oxidation sites excluding steroid dienone is 1. The first-order valence-electron chi connectivity index (χ1n) is 4.17. The first-order valence-corrected chi connectivity index (χ1v) is 4.17. The molecule has 0 amide bonds. The minimum Gasteiger partial charge on any atom is -0.433 e. The van der Waals surface area contributed by atoms with Gasteiger partial charge in [0.15, 0.2) is 0 Å². The predicted molar refractivity (Wildman–Crippen MR) is 46.4 cm³/mol. The zero-order valence-corrected chi connectivity index (χ0v) is 7.83. The molecule has 0 bridgehead atoms. The summed E-state index contributed by atoms with van der Waals surface area (Å²) >= 11 is 0. The molecule has 0 spiro atoms. The van der Waals surface area contributed by atoms with Crippen LogP contribution in [-0.2, 0) is 9.53 Å². The van der Waals surface area contributed by atoms with Gasteiger partial charge in [-0.3, -0.25) is 0 Å². The predicted octanol–water partition coefficient (Wildman–Crippen LogP) is 1.61. The largest absolute Gasteiger partial charge is 0.433 e. The van der Waals surface area contributed by atoms with Crippen molar-refractivity contribution < 1.29 is 14.6 Å². The van der Waals surface area contributed by atoms with Crippen LogP contribution in [0.5, 0.6) is 0 Å². The van der Waals surface area contributed by atoms with Crippen LogP contribution in [0.3, 0.4) is 0 Å². The Bertz CT molecular complexity index is 173. The van der Waals surface area contributed by atoms with Crippen LogP contribution in [0, 0.1) is 0 Å². The smallest absolute Gasteiger partial charge is 0.335 e. The van der Waals surface area contributed by atoms with Gasteiger partial charge in [0.1, 0.15) is 0 Å². The van der Waals surface area contributed by atoms with Crippen molar-refractivity contribution in [2.45, 2.75) is 39.9 Å². The van der Waals surface area contributed by atoms with Gasteiger partial charge in [-0.05, 0) is 13.3 Å². The Kier molecular flexibility index (Phi) is 5.37. The summed E-state index contributed by atoms with van der Waals surface area (Å²) in [6.45, 7) is 5.36. The molecule has 70 valence electrons. The Morgan fingerprint density at radius 1 is 1.58 bits per heavy atom. The van der Waals surface area contributed by atoms with Crippen molar-refractivity contribution in [1.82, 2.24) is 0 Å². The van der Waals surface area contributed by atoms with Gasteiger partial charge in [0.2, 0.25) is 6.29 Å². The van der Waals surface area contributed by atoms with E-state index in [4.69, 9.17) is 5.11 Å².